The van der Waals surface area contributed by atoms with Gasteiger partial charge in [-0.1, -0.05) is 18.2 Å². The van der Waals surface area contributed by atoms with Crippen LogP contribution in [0.4, 0.5) is 13.2 Å². The van der Waals surface area contributed by atoms with Crippen LogP contribution < -0.4 is 11.2 Å². The number of fused-ring (bicyclic) bond motifs is 2. The zero-order valence-corrected chi connectivity index (χ0v) is 23.0. The predicted octanol–water partition coefficient (Wildman–Crippen LogP) is 5.40. The molecule has 0 saturated heterocycles. The van der Waals surface area contributed by atoms with Gasteiger partial charge in [0.1, 0.15) is 0 Å². The lowest BCUT2D eigenvalue weighted by molar-refractivity contribution is -0.139. The molecule has 3 N–H and O–H groups in total. The number of rotatable bonds is 6. The van der Waals surface area contributed by atoms with Crippen molar-refractivity contribution in [2.45, 2.75) is 69.1 Å². The number of allylic oxidation sites excluding steroid dienone is 1. The number of carbonyl (C=O) groups excluding carboxylic acids is 1. The Morgan fingerprint density at radius 3 is 2.60 bits per heavy atom. The molecule has 216 valence electrons. The van der Waals surface area contributed by atoms with E-state index >= 15 is 0 Å². The molecule has 3 heterocycles. The molecule has 2 aromatic heterocycles. The number of pyridine rings is 2. The molecule has 2 saturated carbocycles. The van der Waals surface area contributed by atoms with Gasteiger partial charge in [-0.05, 0) is 85.9 Å². The van der Waals surface area contributed by atoms with Gasteiger partial charge in [-0.3, -0.25) is 20.2 Å². The van der Waals surface area contributed by atoms with E-state index in [1.807, 2.05) is 23.1 Å². The van der Waals surface area contributed by atoms with Crippen LogP contribution in [0.2, 0.25) is 0 Å². The van der Waals surface area contributed by atoms with Crippen LogP contribution in [-0.2, 0) is 29.4 Å². The van der Waals surface area contributed by atoms with Gasteiger partial charge < -0.3 is 10.6 Å². The van der Waals surface area contributed by atoms with Crippen molar-refractivity contribution in [2.24, 2.45) is 10.8 Å². The predicted molar refractivity (Wildman–Crippen MR) is 152 cm³/mol. The quantitative estimate of drug-likeness (QED) is 0.412. The molecular formula is C32H31F3N6O. The number of amides is 1. The highest BCUT2D eigenvalue weighted by Gasteiger charge is 2.54. The maximum absolute atomic E-state index is 14.7. The summed E-state index contributed by atoms with van der Waals surface area (Å²) in [5.41, 5.74) is 16.1. The number of aromatic nitrogens is 2. The van der Waals surface area contributed by atoms with E-state index in [1.165, 1.54) is 11.6 Å². The second-order valence-electron chi connectivity index (χ2n) is 11.6. The molecule has 2 fully saturated rings. The van der Waals surface area contributed by atoms with E-state index in [1.54, 1.807) is 6.20 Å². The molecular weight excluding hydrogens is 541 g/mol. The number of nitrogens with two attached hydrogens (primary N) is 1. The normalized spacial score (nSPS) is 20.2. The third-order valence-corrected chi connectivity index (χ3v) is 8.95. The summed E-state index contributed by atoms with van der Waals surface area (Å²) in [6.45, 7) is 0.364. The molecule has 0 spiro atoms. The highest BCUT2D eigenvalue weighted by atomic mass is 19.4. The number of hydrogen-bond donors (Lipinski definition) is 2. The summed E-state index contributed by atoms with van der Waals surface area (Å²) >= 11 is 0. The first-order valence-corrected chi connectivity index (χ1v) is 14.5. The van der Waals surface area contributed by atoms with Crippen LogP contribution in [-0.4, -0.2) is 33.0 Å². The Morgan fingerprint density at radius 1 is 1.07 bits per heavy atom. The molecule has 7 rings (SSSR count). The first-order chi connectivity index (χ1) is 20.3. The minimum atomic E-state index is -4.48. The van der Waals surface area contributed by atoms with Gasteiger partial charge in [-0.15, -0.1) is 0 Å². The fourth-order valence-corrected chi connectivity index (χ4v) is 6.38. The largest absolute Gasteiger partial charge is 0.417 e. The van der Waals surface area contributed by atoms with Gasteiger partial charge in [0.25, 0.3) is 0 Å². The van der Waals surface area contributed by atoms with E-state index in [4.69, 9.17) is 5.73 Å². The first-order valence-electron chi connectivity index (χ1n) is 14.5. The van der Waals surface area contributed by atoms with Crippen molar-refractivity contribution in [1.82, 2.24) is 20.3 Å². The Hall–Kier alpha value is -4.05. The van der Waals surface area contributed by atoms with E-state index < -0.39 is 17.2 Å². The number of benzene rings is 1. The number of nitrogens with zero attached hydrogens (tertiary/aromatic N) is 4. The zero-order valence-electron chi connectivity index (χ0n) is 23.0. The molecule has 42 heavy (non-hydrogen) atoms. The Balaban J connectivity index is 1.27. The van der Waals surface area contributed by atoms with Crippen molar-refractivity contribution in [1.29, 1.82) is 0 Å². The molecule has 4 aliphatic rings. The van der Waals surface area contributed by atoms with E-state index in [-0.39, 0.29) is 25.0 Å². The topological polar surface area (TPSA) is 96.5 Å². The fourth-order valence-electron chi connectivity index (χ4n) is 6.38. The van der Waals surface area contributed by atoms with Crippen molar-refractivity contribution in [3.05, 3.63) is 99.6 Å². The second kappa shape index (κ2) is 10.0. The number of halogens is 3. The van der Waals surface area contributed by atoms with Crippen molar-refractivity contribution < 1.29 is 18.0 Å². The number of hydrazone groups is 1. The van der Waals surface area contributed by atoms with Crippen molar-refractivity contribution in [2.75, 3.05) is 6.54 Å². The summed E-state index contributed by atoms with van der Waals surface area (Å²) in [5, 5.41) is 4.53. The second-order valence-corrected chi connectivity index (χ2v) is 11.6. The van der Waals surface area contributed by atoms with Gasteiger partial charge in [-0.2, -0.15) is 18.3 Å². The molecule has 7 nitrogen and oxygen atoms in total. The van der Waals surface area contributed by atoms with Crippen LogP contribution in [0.1, 0.15) is 83.8 Å². The zero-order chi connectivity index (χ0) is 29.1. The Labute approximate surface area is 241 Å². The molecule has 0 radical (unpaired) electrons. The minimum absolute atomic E-state index is 0.0476. The Morgan fingerprint density at radius 2 is 1.90 bits per heavy atom. The van der Waals surface area contributed by atoms with Crippen LogP contribution in [0, 0.1) is 0 Å². The van der Waals surface area contributed by atoms with E-state index in [2.05, 4.69) is 32.6 Å². The first kappa shape index (κ1) is 26.8. The summed E-state index contributed by atoms with van der Waals surface area (Å²) in [6, 6.07) is 12.2. The minimum Gasteiger partial charge on any atom is -0.327 e. The monoisotopic (exact) mass is 572 g/mol. The van der Waals surface area contributed by atoms with Gasteiger partial charge in [0.05, 0.1) is 46.4 Å². The molecule has 1 atom stereocenters. The average Bonchev–Trinajstić information content (AvgIpc) is 3.93. The molecule has 1 amide bonds. The summed E-state index contributed by atoms with van der Waals surface area (Å²) < 4.78 is 39.7. The van der Waals surface area contributed by atoms with Gasteiger partial charge >= 0.3 is 6.18 Å². The summed E-state index contributed by atoms with van der Waals surface area (Å²) in [7, 11) is 0. The number of aryl methyl sites for hydroxylation is 1. The van der Waals surface area contributed by atoms with Gasteiger partial charge in [0, 0.05) is 30.1 Å². The number of carbonyl (C=O) groups is 1. The highest BCUT2D eigenvalue weighted by molar-refractivity contribution is 6.08. The standard InChI is InChI=1S/C32H31F3N6O/c33-32(34,35)22-8-10-23(38-17-22)18-41(27-5-1-3-19-4-2-14-37-29(19)27)30(42)31(12-13-31)21-9-11-24-25(15-21)26(16-36)39-40-28(24)20-6-7-20/h2,4,8-11,14-15,17,27,40H,1,3,5-7,12-13,16,18,36H2. The molecule has 10 heteroatoms. The van der Waals surface area contributed by atoms with Crippen LogP contribution in [0.3, 0.4) is 0 Å². The third-order valence-electron chi connectivity index (χ3n) is 8.95. The highest BCUT2D eigenvalue weighted by Crippen LogP contribution is 2.52. The van der Waals surface area contributed by atoms with Crippen molar-refractivity contribution >= 4 is 17.3 Å². The van der Waals surface area contributed by atoms with Crippen molar-refractivity contribution in [3.8, 4) is 0 Å². The SMILES string of the molecule is NCC1=NNC(=C2CC2)c2ccc(C3(C(=O)N(Cc4ccc(C(F)(F)F)cn4)C4CCCc5cccnc54)CC3)cc21. The summed E-state index contributed by atoms with van der Waals surface area (Å²) in [4.78, 5) is 25.3. The maximum atomic E-state index is 14.7. The number of nitrogens with one attached hydrogen (secondary N) is 1. The Bertz CT molecular complexity index is 1620. The third kappa shape index (κ3) is 4.67. The molecule has 1 aliphatic heterocycles. The lowest BCUT2D eigenvalue weighted by atomic mass is 9.86. The molecule has 3 aromatic rings. The summed E-state index contributed by atoms with van der Waals surface area (Å²) in [5.74, 6) is -0.0476. The lowest BCUT2D eigenvalue weighted by Gasteiger charge is -2.37. The van der Waals surface area contributed by atoms with Gasteiger partial charge in [0.2, 0.25) is 5.91 Å². The molecule has 3 aliphatic carbocycles. The van der Waals surface area contributed by atoms with Crippen LogP contribution in [0.5, 0.6) is 0 Å². The molecule has 1 unspecified atom stereocenters. The Kier molecular flexibility index (Phi) is 6.42. The lowest BCUT2D eigenvalue weighted by Crippen LogP contribution is -2.43. The van der Waals surface area contributed by atoms with Crippen LogP contribution >= 0.6 is 0 Å². The van der Waals surface area contributed by atoms with Gasteiger partial charge in [-0.25, -0.2) is 0 Å². The molecule has 0 bridgehead atoms. The fraction of sp³-hybridized carbons (Fsp3) is 0.375. The molecule has 1 aromatic carbocycles. The van der Waals surface area contributed by atoms with Crippen molar-refractivity contribution in [3.63, 3.8) is 0 Å². The number of hydrogen-bond acceptors (Lipinski definition) is 6. The smallest absolute Gasteiger partial charge is 0.327 e. The van der Waals surface area contributed by atoms with Crippen LogP contribution in [0.15, 0.2) is 65.5 Å². The van der Waals surface area contributed by atoms with Crippen LogP contribution in [0.25, 0.3) is 5.70 Å². The maximum Gasteiger partial charge on any atom is 0.417 e. The average molecular weight is 573 g/mol. The number of alkyl halides is 3. The van der Waals surface area contributed by atoms with E-state index in [0.29, 0.717) is 18.5 Å². The van der Waals surface area contributed by atoms with Gasteiger partial charge in [0.15, 0.2) is 0 Å². The van der Waals surface area contributed by atoms with E-state index in [9.17, 15) is 18.0 Å². The summed E-state index contributed by atoms with van der Waals surface area (Å²) in [6.07, 6.45) is 4.05. The van der Waals surface area contributed by atoms with E-state index in [0.717, 1.165) is 83.7 Å².